The highest BCUT2D eigenvalue weighted by molar-refractivity contribution is 9.10. The molecule has 0 aliphatic carbocycles. The van der Waals surface area contributed by atoms with Crippen molar-refractivity contribution < 1.29 is 9.31 Å². The average Bonchev–Trinajstić information content (AvgIpc) is 2.30. The summed E-state index contributed by atoms with van der Waals surface area (Å²) < 4.78 is 13.5. The first kappa shape index (κ1) is 15.2. The molecule has 0 amide bonds. The molecule has 0 spiro atoms. The van der Waals surface area contributed by atoms with Crippen LogP contribution in [0.15, 0.2) is 16.6 Å². The summed E-state index contributed by atoms with van der Waals surface area (Å²) in [4.78, 5) is 10.2. The van der Waals surface area contributed by atoms with Gasteiger partial charge in [-0.25, -0.2) is 4.39 Å². The normalized spacial score (nSPS) is 12.2. The van der Waals surface area contributed by atoms with Crippen LogP contribution in [0, 0.1) is 21.8 Å². The number of nitro benzene ring substituents is 1. The minimum absolute atomic E-state index is 0.216. The zero-order valence-corrected chi connectivity index (χ0v) is 12.5. The minimum Gasteiger partial charge on any atom is -0.379 e. The van der Waals surface area contributed by atoms with Gasteiger partial charge in [0.1, 0.15) is 11.5 Å². The highest BCUT2D eigenvalue weighted by atomic mass is 79.9. The van der Waals surface area contributed by atoms with Gasteiger partial charge >= 0.3 is 0 Å². The Labute approximate surface area is 118 Å². The van der Waals surface area contributed by atoms with Gasteiger partial charge in [0.15, 0.2) is 0 Å². The standard InChI is InChI=1S/C11H14BrFN2O2S/c1-7(6-18-2)5-14-10-3-8(12)9(13)4-11(10)15(16)17/h3-4,7,14H,5-6H2,1-2H3. The van der Waals surface area contributed by atoms with E-state index in [0.717, 1.165) is 11.8 Å². The Morgan fingerprint density at radius 2 is 2.28 bits per heavy atom. The summed E-state index contributed by atoms with van der Waals surface area (Å²) in [5, 5.41) is 13.8. The van der Waals surface area contributed by atoms with E-state index in [9.17, 15) is 14.5 Å². The lowest BCUT2D eigenvalue weighted by molar-refractivity contribution is -0.384. The molecule has 1 aromatic rings. The lowest BCUT2D eigenvalue weighted by Gasteiger charge is -2.12. The Hall–Kier alpha value is -0.820. The monoisotopic (exact) mass is 336 g/mol. The van der Waals surface area contributed by atoms with Gasteiger partial charge in [-0.05, 0) is 39.9 Å². The number of halogens is 2. The van der Waals surface area contributed by atoms with E-state index in [2.05, 4.69) is 21.2 Å². The summed E-state index contributed by atoms with van der Waals surface area (Å²) in [7, 11) is 0. The summed E-state index contributed by atoms with van der Waals surface area (Å²) in [6.45, 7) is 2.66. The molecule has 1 rings (SSSR count). The molecule has 0 saturated heterocycles. The molecule has 0 aliphatic rings. The first-order valence-electron chi connectivity index (χ1n) is 5.32. The first-order valence-corrected chi connectivity index (χ1v) is 7.50. The van der Waals surface area contributed by atoms with Gasteiger partial charge in [-0.3, -0.25) is 10.1 Å². The fourth-order valence-corrected chi connectivity index (χ4v) is 2.49. The summed E-state index contributed by atoms with van der Waals surface area (Å²) in [5.74, 6) is 0.705. The molecule has 1 N–H and O–H groups in total. The summed E-state index contributed by atoms with van der Waals surface area (Å²) in [6, 6.07) is 2.32. The van der Waals surface area contributed by atoms with Crippen molar-refractivity contribution >= 4 is 39.1 Å². The van der Waals surface area contributed by atoms with Crippen molar-refractivity contribution in [1.82, 2.24) is 0 Å². The van der Waals surface area contributed by atoms with Crippen molar-refractivity contribution in [2.24, 2.45) is 5.92 Å². The van der Waals surface area contributed by atoms with Crippen LogP contribution < -0.4 is 5.32 Å². The molecule has 1 aromatic carbocycles. The molecule has 0 radical (unpaired) electrons. The average molecular weight is 337 g/mol. The van der Waals surface area contributed by atoms with E-state index >= 15 is 0 Å². The van der Waals surface area contributed by atoms with Crippen LogP contribution in [0.2, 0.25) is 0 Å². The zero-order chi connectivity index (χ0) is 13.7. The molecule has 1 atom stereocenters. The van der Waals surface area contributed by atoms with Gasteiger partial charge in [-0.1, -0.05) is 6.92 Å². The number of nitro groups is 1. The van der Waals surface area contributed by atoms with Crippen LogP contribution in [0.5, 0.6) is 0 Å². The van der Waals surface area contributed by atoms with Crippen molar-refractivity contribution in [2.75, 3.05) is 23.9 Å². The smallest absolute Gasteiger partial charge is 0.295 e. The van der Waals surface area contributed by atoms with E-state index in [4.69, 9.17) is 0 Å². The maximum atomic E-state index is 13.3. The second kappa shape index (κ2) is 6.94. The second-order valence-corrected chi connectivity index (χ2v) is 5.75. The van der Waals surface area contributed by atoms with Crippen molar-refractivity contribution in [2.45, 2.75) is 6.92 Å². The van der Waals surface area contributed by atoms with Crippen LogP contribution in [-0.2, 0) is 0 Å². The van der Waals surface area contributed by atoms with E-state index in [-0.39, 0.29) is 10.2 Å². The van der Waals surface area contributed by atoms with Crippen LogP contribution in [0.1, 0.15) is 6.92 Å². The van der Waals surface area contributed by atoms with Gasteiger partial charge in [-0.15, -0.1) is 0 Å². The number of anilines is 1. The molecule has 0 saturated carbocycles. The SMILES string of the molecule is CSCC(C)CNc1cc(Br)c(F)cc1[N+](=O)[O-]. The third-order valence-electron chi connectivity index (χ3n) is 2.33. The number of hydrogen-bond acceptors (Lipinski definition) is 4. The molecule has 0 heterocycles. The maximum Gasteiger partial charge on any atom is 0.295 e. The number of thioether (sulfide) groups is 1. The molecule has 18 heavy (non-hydrogen) atoms. The van der Waals surface area contributed by atoms with Crippen molar-refractivity contribution in [1.29, 1.82) is 0 Å². The van der Waals surface area contributed by atoms with Gasteiger partial charge in [0.25, 0.3) is 5.69 Å². The minimum atomic E-state index is -0.635. The van der Waals surface area contributed by atoms with E-state index in [1.54, 1.807) is 11.8 Å². The third-order valence-corrected chi connectivity index (χ3v) is 3.84. The van der Waals surface area contributed by atoms with E-state index < -0.39 is 10.7 Å². The van der Waals surface area contributed by atoms with Crippen LogP contribution in [0.25, 0.3) is 0 Å². The van der Waals surface area contributed by atoms with Crippen LogP contribution in [0.4, 0.5) is 15.8 Å². The fourth-order valence-electron chi connectivity index (χ4n) is 1.46. The fraction of sp³-hybridized carbons (Fsp3) is 0.455. The lowest BCUT2D eigenvalue weighted by atomic mass is 10.2. The number of hydrogen-bond donors (Lipinski definition) is 1. The maximum absolute atomic E-state index is 13.3. The Kier molecular flexibility index (Phi) is 5.87. The molecule has 7 heteroatoms. The number of nitrogens with one attached hydrogen (secondary N) is 1. The summed E-state index contributed by atoms with van der Waals surface area (Å²) in [6.07, 6.45) is 2.01. The molecular formula is C11H14BrFN2O2S. The molecule has 0 fully saturated rings. The largest absolute Gasteiger partial charge is 0.379 e. The predicted octanol–water partition coefficient (Wildman–Crippen LogP) is 3.91. The second-order valence-electron chi connectivity index (χ2n) is 3.98. The Morgan fingerprint density at radius 1 is 1.61 bits per heavy atom. The molecule has 0 bridgehead atoms. The first-order chi connectivity index (χ1) is 8.45. The summed E-state index contributed by atoms with van der Waals surface area (Å²) in [5.41, 5.74) is 0.0910. The summed E-state index contributed by atoms with van der Waals surface area (Å²) >= 11 is 4.74. The van der Waals surface area contributed by atoms with E-state index in [1.165, 1.54) is 6.07 Å². The van der Waals surface area contributed by atoms with Crippen molar-refractivity contribution in [3.8, 4) is 0 Å². The Bertz CT molecular complexity index is 445. The molecular weight excluding hydrogens is 323 g/mol. The quantitative estimate of drug-likeness (QED) is 0.632. The van der Waals surface area contributed by atoms with Crippen LogP contribution in [0.3, 0.4) is 0 Å². The molecule has 100 valence electrons. The molecule has 0 aromatic heterocycles. The lowest BCUT2D eigenvalue weighted by Crippen LogP contribution is -2.14. The Balaban J connectivity index is 2.86. The van der Waals surface area contributed by atoms with E-state index in [0.29, 0.717) is 18.2 Å². The number of rotatable bonds is 6. The van der Waals surface area contributed by atoms with Gasteiger partial charge in [0, 0.05) is 6.54 Å². The Morgan fingerprint density at radius 3 is 2.83 bits per heavy atom. The third kappa shape index (κ3) is 4.13. The number of benzene rings is 1. The van der Waals surface area contributed by atoms with Gasteiger partial charge in [-0.2, -0.15) is 11.8 Å². The van der Waals surface area contributed by atoms with Crippen molar-refractivity contribution in [3.05, 3.63) is 32.5 Å². The predicted molar refractivity (Wildman–Crippen MR) is 76.8 cm³/mol. The molecule has 1 unspecified atom stereocenters. The molecule has 0 aliphatic heterocycles. The highest BCUT2D eigenvalue weighted by Gasteiger charge is 2.17. The van der Waals surface area contributed by atoms with Gasteiger partial charge < -0.3 is 5.32 Å². The van der Waals surface area contributed by atoms with Crippen molar-refractivity contribution in [3.63, 3.8) is 0 Å². The van der Waals surface area contributed by atoms with E-state index in [1.807, 2.05) is 13.2 Å². The number of nitrogens with zero attached hydrogens (tertiary/aromatic N) is 1. The van der Waals surface area contributed by atoms with Crippen LogP contribution >= 0.6 is 27.7 Å². The van der Waals surface area contributed by atoms with Gasteiger partial charge in [0.2, 0.25) is 0 Å². The molecule has 4 nitrogen and oxygen atoms in total. The van der Waals surface area contributed by atoms with Crippen LogP contribution in [-0.4, -0.2) is 23.5 Å². The topological polar surface area (TPSA) is 55.2 Å². The highest BCUT2D eigenvalue weighted by Crippen LogP contribution is 2.30. The zero-order valence-electron chi connectivity index (χ0n) is 10.1. The van der Waals surface area contributed by atoms with Gasteiger partial charge in [0.05, 0.1) is 15.5 Å².